The van der Waals surface area contributed by atoms with Crippen LogP contribution in [0.5, 0.6) is 5.75 Å². The Balaban J connectivity index is 1.63. The standard InChI is InChI=1S/C23H27N3O4/c1-23-10-11-25(2)19(12-15-6-9-17(27)13-18(15)23)20(23)26(3)22(30)24-16-7-4-14(5-8-16)21(28)29/h4-9,13,19-20,27H,10-12H2,1-3H3,(H,24,30)(H,28,29)/t19?,20-,23+/m0/s1. The second-order valence-electron chi connectivity index (χ2n) is 8.63. The summed E-state index contributed by atoms with van der Waals surface area (Å²) in [5.74, 6) is -0.755. The topological polar surface area (TPSA) is 93.1 Å². The van der Waals surface area contributed by atoms with E-state index in [9.17, 15) is 14.7 Å². The van der Waals surface area contributed by atoms with E-state index in [0.29, 0.717) is 5.69 Å². The molecule has 2 aromatic carbocycles. The molecule has 2 amide bonds. The fourth-order valence-electron chi connectivity index (χ4n) is 5.17. The minimum atomic E-state index is -1.00. The Morgan fingerprint density at radius 2 is 1.90 bits per heavy atom. The normalized spacial score (nSPS) is 25.3. The number of urea groups is 1. The minimum absolute atomic E-state index is 0.0659. The maximum atomic E-state index is 13.1. The number of carbonyl (C=O) groups is 2. The summed E-state index contributed by atoms with van der Waals surface area (Å²) < 4.78 is 0. The summed E-state index contributed by atoms with van der Waals surface area (Å²) >= 11 is 0. The average molecular weight is 409 g/mol. The number of piperidine rings is 1. The first-order valence-electron chi connectivity index (χ1n) is 10.1. The summed E-state index contributed by atoms with van der Waals surface area (Å²) in [6.45, 7) is 3.11. The van der Waals surface area contributed by atoms with Gasteiger partial charge in [-0.15, -0.1) is 0 Å². The lowest BCUT2D eigenvalue weighted by Crippen LogP contribution is -2.67. The number of carboxylic acids is 1. The molecule has 7 heteroatoms. The molecule has 1 heterocycles. The maximum absolute atomic E-state index is 13.1. The number of aromatic hydroxyl groups is 1. The first-order valence-corrected chi connectivity index (χ1v) is 10.1. The number of phenols is 1. The highest BCUT2D eigenvalue weighted by molar-refractivity contribution is 5.91. The third-order valence-electron chi connectivity index (χ3n) is 6.83. The van der Waals surface area contributed by atoms with Crippen molar-refractivity contribution in [2.45, 2.75) is 37.3 Å². The van der Waals surface area contributed by atoms with Crippen molar-refractivity contribution in [2.75, 3.05) is 26.0 Å². The fourth-order valence-corrected chi connectivity index (χ4v) is 5.17. The summed E-state index contributed by atoms with van der Waals surface area (Å²) in [6.07, 6.45) is 1.70. The van der Waals surface area contributed by atoms with Gasteiger partial charge in [0.2, 0.25) is 0 Å². The van der Waals surface area contributed by atoms with Crippen LogP contribution in [0.1, 0.15) is 34.8 Å². The van der Waals surface area contributed by atoms with Crippen molar-refractivity contribution < 1.29 is 19.8 Å². The molecule has 3 N–H and O–H groups in total. The van der Waals surface area contributed by atoms with E-state index < -0.39 is 5.97 Å². The van der Waals surface area contributed by atoms with Crippen LogP contribution < -0.4 is 5.32 Å². The first kappa shape index (κ1) is 20.2. The third kappa shape index (κ3) is 3.29. The van der Waals surface area contributed by atoms with Gasteiger partial charge >= 0.3 is 12.0 Å². The molecule has 2 bridgehead atoms. The Morgan fingerprint density at radius 1 is 1.20 bits per heavy atom. The van der Waals surface area contributed by atoms with Crippen LogP contribution >= 0.6 is 0 Å². The quantitative estimate of drug-likeness (QED) is 0.724. The van der Waals surface area contributed by atoms with Gasteiger partial charge in [-0.2, -0.15) is 0 Å². The zero-order valence-corrected chi connectivity index (χ0v) is 17.4. The Kier molecular flexibility index (Phi) is 4.94. The van der Waals surface area contributed by atoms with Gasteiger partial charge in [0.1, 0.15) is 5.75 Å². The van der Waals surface area contributed by atoms with Crippen molar-refractivity contribution in [1.29, 1.82) is 0 Å². The lowest BCUT2D eigenvalue weighted by molar-refractivity contribution is 0.0213. The molecule has 158 valence electrons. The molecule has 0 spiro atoms. The highest BCUT2D eigenvalue weighted by Gasteiger charge is 2.52. The van der Waals surface area contributed by atoms with Crippen LogP contribution in [-0.4, -0.2) is 64.7 Å². The van der Waals surface area contributed by atoms with Crippen LogP contribution in [-0.2, 0) is 11.8 Å². The number of nitrogens with zero attached hydrogens (tertiary/aromatic N) is 2. The number of carboxylic acid groups (broad SMARTS) is 1. The average Bonchev–Trinajstić information content (AvgIpc) is 2.71. The Bertz CT molecular complexity index is 990. The molecular weight excluding hydrogens is 382 g/mol. The lowest BCUT2D eigenvalue weighted by atomic mass is 9.61. The molecule has 30 heavy (non-hydrogen) atoms. The Hall–Kier alpha value is -3.06. The number of hydrogen-bond acceptors (Lipinski definition) is 4. The predicted octanol–water partition coefficient (Wildman–Crippen LogP) is 3.14. The second-order valence-corrected chi connectivity index (χ2v) is 8.63. The van der Waals surface area contributed by atoms with Crippen molar-refractivity contribution in [1.82, 2.24) is 9.80 Å². The number of anilines is 1. The number of hydrogen-bond donors (Lipinski definition) is 3. The number of phenolic OH excluding ortho intramolecular Hbond substituents is 1. The van der Waals surface area contributed by atoms with Crippen molar-refractivity contribution in [3.8, 4) is 5.75 Å². The number of nitrogens with one attached hydrogen (secondary N) is 1. The van der Waals surface area contributed by atoms with Gasteiger partial charge in [0.05, 0.1) is 11.6 Å². The molecule has 1 unspecified atom stereocenters. The van der Waals surface area contributed by atoms with Gasteiger partial charge < -0.3 is 25.3 Å². The molecule has 2 aliphatic rings. The second kappa shape index (κ2) is 7.32. The molecule has 3 atom stereocenters. The van der Waals surface area contributed by atoms with Crippen LogP contribution in [0.25, 0.3) is 0 Å². The molecule has 2 aromatic rings. The van der Waals surface area contributed by atoms with Crippen molar-refractivity contribution in [3.63, 3.8) is 0 Å². The largest absolute Gasteiger partial charge is 0.508 e. The predicted molar refractivity (Wildman–Crippen MR) is 114 cm³/mol. The highest BCUT2D eigenvalue weighted by Crippen LogP contribution is 2.47. The molecule has 0 saturated carbocycles. The lowest BCUT2D eigenvalue weighted by Gasteiger charge is -2.57. The first-order chi connectivity index (χ1) is 14.2. The van der Waals surface area contributed by atoms with Gasteiger partial charge in [0.25, 0.3) is 0 Å². The molecule has 1 aliphatic carbocycles. The number of likely N-dealkylation sites (tertiary alicyclic amines) is 1. The number of benzene rings is 2. The van der Waals surface area contributed by atoms with Crippen molar-refractivity contribution in [3.05, 3.63) is 59.2 Å². The number of fused-ring (bicyclic) bond motifs is 4. The molecule has 1 aliphatic heterocycles. The molecule has 4 rings (SSSR count). The number of likely N-dealkylation sites (N-methyl/N-ethyl adjacent to an activating group) is 2. The van der Waals surface area contributed by atoms with Crippen molar-refractivity contribution in [2.24, 2.45) is 0 Å². The van der Waals surface area contributed by atoms with Crippen LogP contribution in [0.2, 0.25) is 0 Å². The molecule has 1 saturated heterocycles. The Morgan fingerprint density at radius 3 is 2.57 bits per heavy atom. The van der Waals surface area contributed by atoms with E-state index in [-0.39, 0.29) is 34.8 Å². The van der Waals surface area contributed by atoms with Gasteiger partial charge in [0, 0.05) is 24.2 Å². The van der Waals surface area contributed by atoms with Crippen molar-refractivity contribution >= 4 is 17.7 Å². The molecule has 0 aromatic heterocycles. The van der Waals surface area contributed by atoms with E-state index in [1.165, 1.54) is 17.7 Å². The van der Waals surface area contributed by atoms with Gasteiger partial charge in [0.15, 0.2) is 0 Å². The summed E-state index contributed by atoms with van der Waals surface area (Å²) in [7, 11) is 3.91. The monoisotopic (exact) mass is 409 g/mol. The van der Waals surface area contributed by atoms with E-state index >= 15 is 0 Å². The van der Waals surface area contributed by atoms with Gasteiger partial charge in [-0.1, -0.05) is 13.0 Å². The van der Waals surface area contributed by atoms with E-state index in [0.717, 1.165) is 24.9 Å². The van der Waals surface area contributed by atoms with Crippen LogP contribution in [0, 0.1) is 0 Å². The van der Waals surface area contributed by atoms with E-state index in [2.05, 4.69) is 24.2 Å². The van der Waals surface area contributed by atoms with Crippen LogP contribution in [0.3, 0.4) is 0 Å². The Labute approximate surface area is 175 Å². The fraction of sp³-hybridized carbons (Fsp3) is 0.391. The zero-order valence-electron chi connectivity index (χ0n) is 17.4. The molecular formula is C23H27N3O4. The zero-order chi connectivity index (χ0) is 21.6. The molecule has 7 nitrogen and oxygen atoms in total. The van der Waals surface area contributed by atoms with Crippen LogP contribution in [0.4, 0.5) is 10.5 Å². The third-order valence-corrected chi connectivity index (χ3v) is 6.83. The smallest absolute Gasteiger partial charge is 0.335 e. The number of carbonyl (C=O) groups excluding carboxylic acids is 1. The number of rotatable bonds is 3. The van der Waals surface area contributed by atoms with Gasteiger partial charge in [-0.05, 0) is 74.0 Å². The molecule has 1 fully saturated rings. The summed E-state index contributed by atoms with van der Waals surface area (Å²) in [4.78, 5) is 28.2. The maximum Gasteiger partial charge on any atom is 0.335 e. The number of aromatic carboxylic acids is 1. The summed E-state index contributed by atoms with van der Waals surface area (Å²) in [5.41, 5.74) is 2.79. The van der Waals surface area contributed by atoms with E-state index in [1.54, 1.807) is 23.1 Å². The van der Waals surface area contributed by atoms with Crippen LogP contribution in [0.15, 0.2) is 42.5 Å². The number of amides is 2. The summed E-state index contributed by atoms with van der Waals surface area (Å²) in [6, 6.07) is 11.6. The summed E-state index contributed by atoms with van der Waals surface area (Å²) in [5, 5.41) is 22.0. The van der Waals surface area contributed by atoms with E-state index in [4.69, 9.17) is 5.11 Å². The van der Waals surface area contributed by atoms with E-state index in [1.807, 2.05) is 19.2 Å². The minimum Gasteiger partial charge on any atom is -0.508 e. The van der Waals surface area contributed by atoms with Gasteiger partial charge in [-0.3, -0.25) is 0 Å². The SMILES string of the molecule is CN1CC[C@]2(C)c3cc(O)ccc3CC1[C@@H]2N(C)C(=O)Nc1ccc(C(=O)O)cc1. The molecule has 0 radical (unpaired) electrons. The van der Waals surface area contributed by atoms with Gasteiger partial charge in [-0.25, -0.2) is 9.59 Å². The highest BCUT2D eigenvalue weighted by atomic mass is 16.4.